The average molecular weight is 548 g/mol. The summed E-state index contributed by atoms with van der Waals surface area (Å²) in [6, 6.07) is 17.6. The van der Waals surface area contributed by atoms with Gasteiger partial charge in [-0.25, -0.2) is 4.39 Å². The van der Waals surface area contributed by atoms with Crippen LogP contribution in [0.1, 0.15) is 42.2 Å². The predicted octanol–water partition coefficient (Wildman–Crippen LogP) is 6.68. The second-order valence-electron chi connectivity index (χ2n) is 7.23. The number of benzene rings is 3. The van der Waals surface area contributed by atoms with Gasteiger partial charge in [0.15, 0.2) is 0 Å². The van der Waals surface area contributed by atoms with Gasteiger partial charge < -0.3 is 9.84 Å². The van der Waals surface area contributed by atoms with E-state index in [1.54, 1.807) is 24.3 Å². The SMILES string of the molecule is CCOc1ccc(C2=N[C@H](c3cc(Br)ccc3F)N[C@@H](c3cc(Br)ccc3O)C2)cc1. The first kappa shape index (κ1) is 22.0. The normalized spacial score (nSPS) is 18.5. The maximum absolute atomic E-state index is 14.7. The van der Waals surface area contributed by atoms with Gasteiger partial charge in [0, 0.05) is 38.2 Å². The molecule has 3 aromatic carbocycles. The van der Waals surface area contributed by atoms with Crippen molar-refractivity contribution in [2.45, 2.75) is 25.6 Å². The molecule has 0 saturated heterocycles. The van der Waals surface area contributed by atoms with E-state index in [1.165, 1.54) is 6.07 Å². The average Bonchev–Trinajstić information content (AvgIpc) is 2.77. The smallest absolute Gasteiger partial charge is 0.129 e. The fourth-order valence-corrected chi connectivity index (χ4v) is 4.44. The molecule has 2 N–H and O–H groups in total. The molecule has 7 heteroatoms. The Morgan fingerprint density at radius 1 is 1.03 bits per heavy atom. The lowest BCUT2D eigenvalue weighted by atomic mass is 9.93. The van der Waals surface area contributed by atoms with Crippen molar-refractivity contribution in [1.29, 1.82) is 0 Å². The highest BCUT2D eigenvalue weighted by molar-refractivity contribution is 9.10. The molecule has 0 amide bonds. The number of rotatable bonds is 5. The van der Waals surface area contributed by atoms with E-state index in [1.807, 2.05) is 37.3 Å². The van der Waals surface area contributed by atoms with Crippen molar-refractivity contribution in [2.75, 3.05) is 6.61 Å². The number of aromatic hydroxyl groups is 1. The van der Waals surface area contributed by atoms with Gasteiger partial charge in [0.25, 0.3) is 0 Å². The third-order valence-electron chi connectivity index (χ3n) is 5.16. The molecule has 0 bridgehead atoms. The molecule has 160 valence electrons. The molecule has 0 unspecified atom stereocenters. The molecule has 0 saturated carbocycles. The number of halogens is 3. The lowest BCUT2D eigenvalue weighted by Gasteiger charge is -2.31. The summed E-state index contributed by atoms with van der Waals surface area (Å²) in [4.78, 5) is 4.84. The molecule has 1 heterocycles. The maximum atomic E-state index is 14.7. The van der Waals surface area contributed by atoms with E-state index in [-0.39, 0.29) is 17.6 Å². The minimum atomic E-state index is -0.601. The summed E-state index contributed by atoms with van der Waals surface area (Å²) in [6.45, 7) is 2.54. The summed E-state index contributed by atoms with van der Waals surface area (Å²) in [7, 11) is 0. The zero-order chi connectivity index (χ0) is 22.0. The molecule has 0 aromatic heterocycles. The summed E-state index contributed by atoms with van der Waals surface area (Å²) < 4.78 is 21.9. The quantitative estimate of drug-likeness (QED) is 0.374. The highest BCUT2D eigenvalue weighted by Gasteiger charge is 2.29. The van der Waals surface area contributed by atoms with Gasteiger partial charge >= 0.3 is 0 Å². The third-order valence-corrected chi connectivity index (χ3v) is 6.14. The standard InChI is InChI=1S/C24H21Br2FN2O2/c1-2-31-17-7-3-14(4-8-17)21-13-22(19-12-16(26)6-10-23(19)30)29-24(28-21)18-11-15(25)5-9-20(18)27/h3-12,22,24,29-30H,2,13H2,1H3/t22-,24+/m1/s1. The van der Waals surface area contributed by atoms with Crippen LogP contribution in [0, 0.1) is 5.82 Å². The van der Waals surface area contributed by atoms with Gasteiger partial charge in [0.2, 0.25) is 0 Å². The Bertz CT molecular complexity index is 1120. The van der Waals surface area contributed by atoms with Crippen LogP contribution in [0.5, 0.6) is 11.5 Å². The molecular weight excluding hydrogens is 527 g/mol. The van der Waals surface area contributed by atoms with E-state index >= 15 is 0 Å². The fourth-order valence-electron chi connectivity index (χ4n) is 3.68. The molecule has 1 aliphatic rings. The number of ether oxygens (including phenoxy) is 1. The number of phenols is 1. The molecule has 4 nitrogen and oxygen atoms in total. The Hall–Kier alpha value is -2.22. The van der Waals surface area contributed by atoms with Crippen LogP contribution >= 0.6 is 31.9 Å². The molecule has 2 atom stereocenters. The van der Waals surface area contributed by atoms with Crippen molar-refractivity contribution >= 4 is 37.6 Å². The number of hydrogen-bond donors (Lipinski definition) is 2. The monoisotopic (exact) mass is 546 g/mol. The van der Waals surface area contributed by atoms with Gasteiger partial charge in [-0.05, 0) is 73.2 Å². The van der Waals surface area contributed by atoms with Crippen LogP contribution in [0.2, 0.25) is 0 Å². The number of aliphatic imine (C=N–C) groups is 1. The number of phenolic OH excluding ortho intramolecular Hbond substituents is 1. The molecule has 31 heavy (non-hydrogen) atoms. The fraction of sp³-hybridized carbons (Fsp3) is 0.208. The Kier molecular flexibility index (Phi) is 6.74. The molecule has 0 spiro atoms. The van der Waals surface area contributed by atoms with E-state index in [2.05, 4.69) is 37.2 Å². The highest BCUT2D eigenvalue weighted by Crippen LogP contribution is 2.37. The first-order chi connectivity index (χ1) is 14.9. The van der Waals surface area contributed by atoms with Gasteiger partial charge in [-0.15, -0.1) is 0 Å². The number of nitrogens with zero attached hydrogens (tertiary/aromatic N) is 1. The summed E-state index contributed by atoms with van der Waals surface area (Å²) >= 11 is 6.90. The van der Waals surface area contributed by atoms with Crippen molar-refractivity contribution in [3.8, 4) is 11.5 Å². The largest absolute Gasteiger partial charge is 0.508 e. The zero-order valence-corrected chi connectivity index (χ0v) is 20.0. The second-order valence-corrected chi connectivity index (χ2v) is 9.06. The maximum Gasteiger partial charge on any atom is 0.129 e. The molecule has 1 aliphatic heterocycles. The Balaban J connectivity index is 1.77. The van der Waals surface area contributed by atoms with Crippen LogP contribution in [0.4, 0.5) is 4.39 Å². The van der Waals surface area contributed by atoms with E-state index < -0.39 is 6.17 Å². The van der Waals surface area contributed by atoms with Gasteiger partial charge in [-0.2, -0.15) is 0 Å². The first-order valence-electron chi connectivity index (χ1n) is 9.94. The van der Waals surface area contributed by atoms with Crippen molar-refractivity contribution in [1.82, 2.24) is 5.32 Å². The lowest BCUT2D eigenvalue weighted by Crippen LogP contribution is -2.33. The third kappa shape index (κ3) is 5.00. The van der Waals surface area contributed by atoms with Crippen LogP contribution in [-0.4, -0.2) is 17.4 Å². The molecule has 0 radical (unpaired) electrons. The molecule has 4 rings (SSSR count). The van der Waals surface area contributed by atoms with Gasteiger partial charge in [0.1, 0.15) is 23.5 Å². The van der Waals surface area contributed by atoms with Crippen LogP contribution in [0.25, 0.3) is 0 Å². The topological polar surface area (TPSA) is 53.8 Å². The van der Waals surface area contributed by atoms with Crippen molar-refractivity contribution in [3.05, 3.63) is 92.1 Å². The predicted molar refractivity (Wildman–Crippen MR) is 127 cm³/mol. The second kappa shape index (κ2) is 9.51. The van der Waals surface area contributed by atoms with Gasteiger partial charge in [-0.1, -0.05) is 31.9 Å². The lowest BCUT2D eigenvalue weighted by molar-refractivity contribution is 0.340. The highest BCUT2D eigenvalue weighted by atomic mass is 79.9. The summed E-state index contributed by atoms with van der Waals surface area (Å²) in [5.74, 6) is 0.633. The van der Waals surface area contributed by atoms with Crippen LogP contribution in [-0.2, 0) is 0 Å². The summed E-state index contributed by atoms with van der Waals surface area (Å²) in [5.41, 5.74) is 2.94. The van der Waals surface area contributed by atoms with Crippen molar-refractivity contribution < 1.29 is 14.2 Å². The van der Waals surface area contributed by atoms with Crippen LogP contribution in [0.3, 0.4) is 0 Å². The van der Waals surface area contributed by atoms with Gasteiger partial charge in [0.05, 0.1) is 6.61 Å². The molecular formula is C24H21Br2FN2O2. The van der Waals surface area contributed by atoms with E-state index in [4.69, 9.17) is 9.73 Å². The van der Waals surface area contributed by atoms with Crippen LogP contribution < -0.4 is 10.1 Å². The Morgan fingerprint density at radius 2 is 1.71 bits per heavy atom. The Labute approximate surface area is 197 Å². The van der Waals surface area contributed by atoms with Gasteiger partial charge in [-0.3, -0.25) is 10.3 Å². The minimum Gasteiger partial charge on any atom is -0.508 e. The number of hydrogen-bond acceptors (Lipinski definition) is 4. The van der Waals surface area contributed by atoms with E-state index in [0.29, 0.717) is 18.6 Å². The van der Waals surface area contributed by atoms with Crippen molar-refractivity contribution in [3.63, 3.8) is 0 Å². The minimum absolute atomic E-state index is 0.183. The molecule has 0 aliphatic carbocycles. The zero-order valence-electron chi connectivity index (χ0n) is 16.8. The summed E-state index contributed by atoms with van der Waals surface area (Å²) in [5, 5.41) is 13.9. The molecule has 3 aromatic rings. The summed E-state index contributed by atoms with van der Waals surface area (Å²) in [6.07, 6.45) is -0.0550. The first-order valence-corrected chi connectivity index (χ1v) is 11.5. The molecule has 0 fully saturated rings. The van der Waals surface area contributed by atoms with E-state index in [0.717, 1.165) is 31.5 Å². The van der Waals surface area contributed by atoms with Crippen molar-refractivity contribution in [2.24, 2.45) is 4.99 Å². The Morgan fingerprint density at radius 3 is 2.42 bits per heavy atom. The number of nitrogens with one attached hydrogen (secondary N) is 1. The van der Waals surface area contributed by atoms with Crippen LogP contribution in [0.15, 0.2) is 74.6 Å². The van der Waals surface area contributed by atoms with E-state index in [9.17, 15) is 9.50 Å².